The van der Waals surface area contributed by atoms with Crippen LogP contribution in [0.2, 0.25) is 5.02 Å². The van der Waals surface area contributed by atoms with Crippen molar-refractivity contribution in [2.75, 3.05) is 5.32 Å². The summed E-state index contributed by atoms with van der Waals surface area (Å²) in [7, 11) is 0. The normalized spacial score (nSPS) is 11.0. The highest BCUT2D eigenvalue weighted by molar-refractivity contribution is 7.14. The van der Waals surface area contributed by atoms with Crippen LogP contribution in [0.15, 0.2) is 35.8 Å². The Morgan fingerprint density at radius 2 is 2.15 bits per heavy atom. The summed E-state index contributed by atoms with van der Waals surface area (Å²) < 4.78 is 1.71. The molecule has 140 valence electrons. The molecule has 0 unspecified atom stereocenters. The van der Waals surface area contributed by atoms with E-state index in [0.717, 1.165) is 11.4 Å². The minimum atomic E-state index is -0.469. The molecule has 0 fully saturated rings. The van der Waals surface area contributed by atoms with Crippen molar-refractivity contribution in [3.05, 3.63) is 57.8 Å². The lowest BCUT2D eigenvalue weighted by Gasteiger charge is -2.12. The molecule has 2 aromatic heterocycles. The molecule has 27 heavy (non-hydrogen) atoms. The van der Waals surface area contributed by atoms with Crippen LogP contribution in [0.25, 0.3) is 5.69 Å². The molecule has 3 aromatic rings. The zero-order valence-corrected chi connectivity index (χ0v) is 16.3. The van der Waals surface area contributed by atoms with Crippen molar-refractivity contribution in [1.29, 1.82) is 0 Å². The number of nitrogens with one attached hydrogen (secondary N) is 1. The van der Waals surface area contributed by atoms with Crippen LogP contribution in [-0.2, 0) is 11.2 Å². The zero-order chi connectivity index (χ0) is 19.6. The number of nitrogens with zero attached hydrogens (tertiary/aromatic N) is 3. The van der Waals surface area contributed by atoms with Crippen LogP contribution >= 0.6 is 22.9 Å². The summed E-state index contributed by atoms with van der Waals surface area (Å²) in [5, 5.41) is 9.82. The lowest BCUT2D eigenvalue weighted by molar-refractivity contribution is -0.117. The lowest BCUT2D eigenvalue weighted by atomic mass is 10.1. The Morgan fingerprint density at radius 3 is 2.81 bits per heavy atom. The lowest BCUT2D eigenvalue weighted by Crippen LogP contribution is -2.16. The number of amides is 2. The summed E-state index contributed by atoms with van der Waals surface area (Å²) in [6, 6.07) is 7.28. The molecule has 2 heterocycles. The molecule has 0 aliphatic rings. The van der Waals surface area contributed by atoms with Crippen molar-refractivity contribution >= 4 is 39.9 Å². The minimum absolute atomic E-state index is 0.0380. The molecule has 0 saturated carbocycles. The van der Waals surface area contributed by atoms with Gasteiger partial charge in [0.15, 0.2) is 5.13 Å². The number of benzene rings is 1. The fraction of sp³-hybridized carbons (Fsp3) is 0.222. The highest BCUT2D eigenvalue weighted by Gasteiger charge is 2.22. The Balaban J connectivity index is 1.89. The Kier molecular flexibility index (Phi) is 5.57. The van der Waals surface area contributed by atoms with Crippen LogP contribution in [0.3, 0.4) is 0 Å². The van der Waals surface area contributed by atoms with E-state index in [2.05, 4.69) is 15.4 Å². The second kappa shape index (κ2) is 7.89. The molecule has 0 bridgehead atoms. The maximum atomic E-state index is 12.8. The van der Waals surface area contributed by atoms with Gasteiger partial charge in [-0.3, -0.25) is 14.9 Å². The Bertz CT molecular complexity index is 995. The third-order valence-corrected chi connectivity index (χ3v) is 4.82. The molecule has 1 aromatic carbocycles. The van der Waals surface area contributed by atoms with Gasteiger partial charge in [0.25, 0.3) is 5.91 Å². The van der Waals surface area contributed by atoms with E-state index in [1.807, 2.05) is 26.0 Å². The average molecular weight is 404 g/mol. The summed E-state index contributed by atoms with van der Waals surface area (Å²) in [5.74, 6) is -0.732. The molecule has 7 nitrogen and oxygen atoms in total. The molecule has 3 N–H and O–H groups in total. The fourth-order valence-corrected chi connectivity index (χ4v) is 3.58. The van der Waals surface area contributed by atoms with Crippen LogP contribution in [-0.4, -0.2) is 26.6 Å². The predicted octanol–water partition coefficient (Wildman–Crippen LogP) is 3.39. The number of carbonyl (C=O) groups excluding carboxylic acids is 2. The van der Waals surface area contributed by atoms with Gasteiger partial charge in [-0.05, 0) is 24.1 Å². The number of primary amides is 1. The Morgan fingerprint density at radius 1 is 1.37 bits per heavy atom. The van der Waals surface area contributed by atoms with Crippen LogP contribution in [0.4, 0.5) is 5.13 Å². The van der Waals surface area contributed by atoms with Crippen molar-refractivity contribution in [3.8, 4) is 5.69 Å². The van der Waals surface area contributed by atoms with Crippen molar-refractivity contribution in [3.63, 3.8) is 0 Å². The monoisotopic (exact) mass is 403 g/mol. The van der Waals surface area contributed by atoms with Gasteiger partial charge in [-0.15, -0.1) is 11.3 Å². The van der Waals surface area contributed by atoms with Gasteiger partial charge in [-0.1, -0.05) is 31.5 Å². The van der Waals surface area contributed by atoms with Crippen molar-refractivity contribution in [2.24, 2.45) is 5.73 Å². The SMILES string of the molecule is CC(C)c1c(C(=O)Nc2nc(CC(N)=O)cs2)cnn1-c1cccc(Cl)c1. The average Bonchev–Trinajstić information content (AvgIpc) is 3.21. The van der Waals surface area contributed by atoms with Gasteiger partial charge in [0, 0.05) is 10.4 Å². The molecular formula is C18H18ClN5O2S. The van der Waals surface area contributed by atoms with Gasteiger partial charge in [0.2, 0.25) is 5.91 Å². The summed E-state index contributed by atoms with van der Waals surface area (Å²) in [6.45, 7) is 3.98. The molecular weight excluding hydrogens is 386 g/mol. The Hall–Kier alpha value is -2.71. The molecule has 0 saturated heterocycles. The number of hydrogen-bond donors (Lipinski definition) is 2. The van der Waals surface area contributed by atoms with E-state index in [-0.39, 0.29) is 18.2 Å². The second-order valence-electron chi connectivity index (χ2n) is 6.23. The van der Waals surface area contributed by atoms with Crippen LogP contribution < -0.4 is 11.1 Å². The van der Waals surface area contributed by atoms with Gasteiger partial charge in [-0.25, -0.2) is 9.67 Å². The second-order valence-corrected chi connectivity index (χ2v) is 7.53. The summed E-state index contributed by atoms with van der Waals surface area (Å²) in [4.78, 5) is 28.0. The van der Waals surface area contributed by atoms with E-state index in [4.69, 9.17) is 17.3 Å². The summed E-state index contributed by atoms with van der Waals surface area (Å²) in [6.07, 6.45) is 1.57. The first kappa shape index (κ1) is 19.1. The van der Waals surface area contributed by atoms with E-state index < -0.39 is 5.91 Å². The molecule has 0 spiro atoms. The maximum absolute atomic E-state index is 12.8. The number of rotatable bonds is 6. The minimum Gasteiger partial charge on any atom is -0.369 e. The number of halogens is 1. The molecule has 3 rings (SSSR count). The third-order valence-electron chi connectivity index (χ3n) is 3.78. The van der Waals surface area contributed by atoms with E-state index in [1.165, 1.54) is 17.5 Å². The van der Waals surface area contributed by atoms with Gasteiger partial charge in [-0.2, -0.15) is 5.10 Å². The number of carbonyl (C=O) groups is 2. The third kappa shape index (κ3) is 4.35. The van der Waals surface area contributed by atoms with E-state index >= 15 is 0 Å². The number of nitrogens with two attached hydrogens (primary N) is 1. The van der Waals surface area contributed by atoms with E-state index in [0.29, 0.717) is 21.4 Å². The van der Waals surface area contributed by atoms with Gasteiger partial charge in [0.1, 0.15) is 0 Å². The largest absolute Gasteiger partial charge is 0.369 e. The van der Waals surface area contributed by atoms with E-state index in [1.54, 1.807) is 22.2 Å². The first-order chi connectivity index (χ1) is 12.8. The fourth-order valence-electron chi connectivity index (χ4n) is 2.69. The summed E-state index contributed by atoms with van der Waals surface area (Å²) >= 11 is 7.32. The molecule has 2 amide bonds. The predicted molar refractivity (Wildman–Crippen MR) is 106 cm³/mol. The van der Waals surface area contributed by atoms with Gasteiger partial charge < -0.3 is 5.73 Å². The standard InChI is InChI=1S/C18H18ClN5O2S/c1-10(2)16-14(8-21-24(16)13-5-3-4-11(19)6-13)17(26)23-18-22-12(9-27-18)7-15(20)25/h3-6,8-10H,7H2,1-2H3,(H2,20,25)(H,22,23,26). The molecule has 9 heteroatoms. The molecule has 0 atom stereocenters. The molecule has 0 aliphatic carbocycles. The van der Waals surface area contributed by atoms with Gasteiger partial charge in [0.05, 0.1) is 35.3 Å². The van der Waals surface area contributed by atoms with Gasteiger partial charge >= 0.3 is 0 Å². The highest BCUT2D eigenvalue weighted by Crippen LogP contribution is 2.26. The van der Waals surface area contributed by atoms with Crippen molar-refractivity contribution in [2.45, 2.75) is 26.2 Å². The van der Waals surface area contributed by atoms with Crippen LogP contribution in [0.1, 0.15) is 41.5 Å². The molecule has 0 radical (unpaired) electrons. The first-order valence-corrected chi connectivity index (χ1v) is 9.49. The number of thiazole rings is 1. The smallest absolute Gasteiger partial charge is 0.260 e. The van der Waals surface area contributed by atoms with E-state index in [9.17, 15) is 9.59 Å². The van der Waals surface area contributed by atoms with Crippen LogP contribution in [0.5, 0.6) is 0 Å². The zero-order valence-electron chi connectivity index (χ0n) is 14.8. The van der Waals surface area contributed by atoms with Crippen molar-refractivity contribution in [1.82, 2.24) is 14.8 Å². The number of aromatic nitrogens is 3. The quantitative estimate of drug-likeness (QED) is 0.658. The van der Waals surface area contributed by atoms with Crippen molar-refractivity contribution < 1.29 is 9.59 Å². The number of anilines is 1. The number of hydrogen-bond acceptors (Lipinski definition) is 5. The maximum Gasteiger partial charge on any atom is 0.260 e. The molecule has 0 aliphatic heterocycles. The topological polar surface area (TPSA) is 103 Å². The Labute approximate surface area is 165 Å². The summed E-state index contributed by atoms with van der Waals surface area (Å²) in [5.41, 5.74) is 7.70. The van der Waals surface area contributed by atoms with Crippen LogP contribution in [0, 0.1) is 0 Å². The highest BCUT2D eigenvalue weighted by atomic mass is 35.5. The first-order valence-electron chi connectivity index (χ1n) is 8.23.